The highest BCUT2D eigenvalue weighted by Gasteiger charge is 2.24. The van der Waals surface area contributed by atoms with E-state index in [1.54, 1.807) is 18.5 Å². The van der Waals surface area contributed by atoms with Crippen LogP contribution >= 0.6 is 0 Å². The Balaban J connectivity index is 1.42. The van der Waals surface area contributed by atoms with E-state index < -0.39 is 0 Å². The fraction of sp³-hybridized carbons (Fsp3) is 0.263. The Morgan fingerprint density at radius 3 is 2.93 bits per heavy atom. The summed E-state index contributed by atoms with van der Waals surface area (Å²) in [6.07, 6.45) is 7.99. The minimum absolute atomic E-state index is 0.182. The van der Waals surface area contributed by atoms with E-state index >= 15 is 0 Å². The summed E-state index contributed by atoms with van der Waals surface area (Å²) in [5.41, 5.74) is 2.99. The lowest BCUT2D eigenvalue weighted by Gasteiger charge is -2.19. The lowest BCUT2D eigenvalue weighted by Crippen LogP contribution is -2.12. The molecule has 136 valence electrons. The van der Waals surface area contributed by atoms with Gasteiger partial charge in [-0.3, -0.25) is 9.48 Å². The van der Waals surface area contributed by atoms with Crippen molar-refractivity contribution in [1.82, 2.24) is 19.7 Å². The second-order valence-electron chi connectivity index (χ2n) is 6.98. The zero-order valence-corrected chi connectivity index (χ0v) is 14.9. The fourth-order valence-electron chi connectivity index (χ4n) is 3.26. The number of anilines is 5. The molecule has 1 fully saturated rings. The molecule has 5 rings (SSSR count). The molecule has 8 heteroatoms. The largest absolute Gasteiger partial charge is 0.340 e. The summed E-state index contributed by atoms with van der Waals surface area (Å²) in [7, 11) is 1.90. The molecular weight excluding hydrogens is 342 g/mol. The Morgan fingerprint density at radius 2 is 2.07 bits per heavy atom. The highest BCUT2D eigenvalue weighted by atomic mass is 16.1. The number of amides is 1. The van der Waals surface area contributed by atoms with E-state index in [9.17, 15) is 4.79 Å². The Hall–Kier alpha value is -3.42. The van der Waals surface area contributed by atoms with Gasteiger partial charge in [0.2, 0.25) is 5.95 Å². The van der Waals surface area contributed by atoms with Crippen LogP contribution in [-0.2, 0) is 6.54 Å². The van der Waals surface area contributed by atoms with Crippen LogP contribution < -0.4 is 15.5 Å². The van der Waals surface area contributed by atoms with Crippen LogP contribution in [-0.4, -0.2) is 32.7 Å². The van der Waals surface area contributed by atoms with Crippen LogP contribution in [0.2, 0.25) is 0 Å². The molecule has 0 radical (unpaired) electrons. The SMILES string of the molecule is CN1c2ccccc2C(=O)Nc2nc(Nc3cnn(CC4CC4)c3)ncc21. The van der Waals surface area contributed by atoms with Gasteiger partial charge in [0.25, 0.3) is 5.91 Å². The van der Waals surface area contributed by atoms with Gasteiger partial charge in [-0.1, -0.05) is 12.1 Å². The second-order valence-corrected chi connectivity index (χ2v) is 6.98. The number of aromatic nitrogens is 4. The maximum absolute atomic E-state index is 12.6. The zero-order valence-electron chi connectivity index (χ0n) is 14.9. The molecule has 27 heavy (non-hydrogen) atoms. The van der Waals surface area contributed by atoms with Crippen LogP contribution in [0.5, 0.6) is 0 Å². The number of rotatable bonds is 4. The topological polar surface area (TPSA) is 88.0 Å². The van der Waals surface area contributed by atoms with Crippen molar-refractivity contribution in [3.05, 3.63) is 48.4 Å². The normalized spacial score (nSPS) is 15.6. The molecule has 0 unspecified atom stereocenters. The molecule has 1 amide bonds. The van der Waals surface area contributed by atoms with Crippen molar-refractivity contribution in [1.29, 1.82) is 0 Å². The van der Waals surface area contributed by atoms with Gasteiger partial charge in [-0.05, 0) is 30.9 Å². The molecule has 1 aromatic carbocycles. The van der Waals surface area contributed by atoms with E-state index in [-0.39, 0.29) is 5.91 Å². The summed E-state index contributed by atoms with van der Waals surface area (Å²) in [5.74, 6) is 1.47. The molecule has 0 spiro atoms. The maximum Gasteiger partial charge on any atom is 0.258 e. The highest BCUT2D eigenvalue weighted by molar-refractivity contribution is 6.11. The van der Waals surface area contributed by atoms with E-state index in [0.29, 0.717) is 17.3 Å². The first-order valence-corrected chi connectivity index (χ1v) is 8.98. The molecule has 2 aromatic heterocycles. The van der Waals surface area contributed by atoms with E-state index in [1.165, 1.54) is 12.8 Å². The smallest absolute Gasteiger partial charge is 0.258 e. The monoisotopic (exact) mass is 361 g/mol. The highest BCUT2D eigenvalue weighted by Crippen LogP contribution is 2.35. The number of nitrogens with zero attached hydrogens (tertiary/aromatic N) is 5. The van der Waals surface area contributed by atoms with E-state index in [4.69, 9.17) is 0 Å². The van der Waals surface area contributed by atoms with Crippen LogP contribution in [0.4, 0.5) is 28.8 Å². The maximum atomic E-state index is 12.6. The molecule has 2 N–H and O–H groups in total. The molecule has 8 nitrogen and oxygen atoms in total. The molecule has 3 heterocycles. The third-order valence-corrected chi connectivity index (χ3v) is 4.90. The van der Waals surface area contributed by atoms with Crippen molar-refractivity contribution >= 4 is 34.7 Å². The first-order valence-electron chi connectivity index (χ1n) is 8.98. The van der Waals surface area contributed by atoms with Crippen LogP contribution in [0.1, 0.15) is 23.2 Å². The van der Waals surface area contributed by atoms with Gasteiger partial charge in [-0.2, -0.15) is 10.1 Å². The standard InChI is InChI=1S/C19H19N7O/c1-25-15-5-3-2-4-14(15)18(27)23-17-16(25)9-20-19(24-17)22-13-8-21-26(11-13)10-12-6-7-12/h2-5,8-9,11-12H,6-7,10H2,1H3,(H2,20,22,23,24,27). The Labute approximate surface area is 156 Å². The van der Waals surface area contributed by atoms with Crippen LogP contribution in [0.25, 0.3) is 0 Å². The lowest BCUT2D eigenvalue weighted by molar-refractivity contribution is 0.102. The minimum Gasteiger partial charge on any atom is -0.340 e. The van der Waals surface area contributed by atoms with E-state index in [1.807, 2.05) is 41.0 Å². The lowest BCUT2D eigenvalue weighted by atomic mass is 10.1. The Kier molecular flexibility index (Phi) is 3.56. The predicted octanol–water partition coefficient (Wildman–Crippen LogP) is 3.16. The minimum atomic E-state index is -0.182. The molecular formula is C19H19N7O. The molecule has 3 aromatic rings. The summed E-state index contributed by atoms with van der Waals surface area (Å²) < 4.78 is 1.94. The number of hydrogen-bond donors (Lipinski definition) is 2. The number of carbonyl (C=O) groups is 1. The van der Waals surface area contributed by atoms with Gasteiger partial charge in [0.1, 0.15) is 5.69 Å². The average Bonchev–Trinajstić information content (AvgIpc) is 3.40. The number of nitrogens with one attached hydrogen (secondary N) is 2. The first-order chi connectivity index (χ1) is 13.2. The van der Waals surface area contributed by atoms with Crippen molar-refractivity contribution in [3.8, 4) is 0 Å². The van der Waals surface area contributed by atoms with Gasteiger partial charge >= 0.3 is 0 Å². The number of fused-ring (bicyclic) bond motifs is 2. The van der Waals surface area contributed by atoms with Crippen molar-refractivity contribution in [2.24, 2.45) is 5.92 Å². The molecule has 1 aliphatic carbocycles. The van der Waals surface area contributed by atoms with Gasteiger partial charge in [0, 0.05) is 19.8 Å². The summed E-state index contributed by atoms with van der Waals surface area (Å²) in [4.78, 5) is 23.4. The number of hydrogen-bond acceptors (Lipinski definition) is 6. The van der Waals surface area contributed by atoms with Crippen LogP contribution in [0.15, 0.2) is 42.9 Å². The molecule has 1 aliphatic heterocycles. The number of carbonyl (C=O) groups excluding carboxylic acids is 1. The average molecular weight is 361 g/mol. The van der Waals surface area contributed by atoms with Gasteiger partial charge in [-0.25, -0.2) is 4.98 Å². The van der Waals surface area contributed by atoms with Gasteiger partial charge < -0.3 is 15.5 Å². The summed E-state index contributed by atoms with van der Waals surface area (Å²) in [5, 5.41) is 10.4. The van der Waals surface area contributed by atoms with E-state index in [2.05, 4.69) is 25.7 Å². The van der Waals surface area contributed by atoms with Crippen molar-refractivity contribution < 1.29 is 4.79 Å². The third-order valence-electron chi connectivity index (χ3n) is 4.90. The Bertz CT molecular complexity index is 1020. The summed E-state index contributed by atoms with van der Waals surface area (Å²) in [6.45, 7) is 0.950. The van der Waals surface area contributed by atoms with Crippen molar-refractivity contribution in [2.75, 3.05) is 22.6 Å². The first kappa shape index (κ1) is 15.8. The number of para-hydroxylation sites is 1. The quantitative estimate of drug-likeness (QED) is 0.742. The van der Waals surface area contributed by atoms with Gasteiger partial charge in [0.15, 0.2) is 5.82 Å². The zero-order chi connectivity index (χ0) is 18.4. The number of benzene rings is 1. The third kappa shape index (κ3) is 2.99. The van der Waals surface area contributed by atoms with Gasteiger partial charge in [0.05, 0.1) is 29.3 Å². The van der Waals surface area contributed by atoms with Gasteiger partial charge in [-0.15, -0.1) is 0 Å². The van der Waals surface area contributed by atoms with Crippen LogP contribution in [0, 0.1) is 5.92 Å². The molecule has 1 saturated carbocycles. The predicted molar refractivity (Wildman–Crippen MR) is 103 cm³/mol. The van der Waals surface area contributed by atoms with Crippen molar-refractivity contribution in [3.63, 3.8) is 0 Å². The molecule has 0 bridgehead atoms. The second kappa shape index (κ2) is 6.08. The summed E-state index contributed by atoms with van der Waals surface area (Å²) >= 11 is 0. The molecule has 0 atom stereocenters. The molecule has 2 aliphatic rings. The van der Waals surface area contributed by atoms with E-state index in [0.717, 1.165) is 29.5 Å². The van der Waals surface area contributed by atoms with Crippen molar-refractivity contribution in [2.45, 2.75) is 19.4 Å². The summed E-state index contributed by atoms with van der Waals surface area (Å²) in [6, 6.07) is 7.46. The fourth-order valence-corrected chi connectivity index (χ4v) is 3.26. The van der Waals surface area contributed by atoms with Crippen LogP contribution in [0.3, 0.4) is 0 Å². The molecule has 0 saturated heterocycles. The Morgan fingerprint density at radius 1 is 1.22 bits per heavy atom.